The Balaban J connectivity index is 1.50. The van der Waals surface area contributed by atoms with Crippen LogP contribution in [0.15, 0.2) is 54.6 Å². The van der Waals surface area contributed by atoms with Crippen molar-refractivity contribution in [3.63, 3.8) is 0 Å². The lowest BCUT2D eigenvalue weighted by Crippen LogP contribution is -2.14. The van der Waals surface area contributed by atoms with Gasteiger partial charge in [-0.2, -0.15) is 0 Å². The molecule has 116 valence electrons. The molecule has 1 unspecified atom stereocenters. The Kier molecular flexibility index (Phi) is 4.96. The Bertz CT molecular complexity index is 582. The summed E-state index contributed by atoms with van der Waals surface area (Å²) in [5.41, 5.74) is 1.28. The van der Waals surface area contributed by atoms with Crippen LogP contribution in [0.1, 0.15) is 18.9 Å². The van der Waals surface area contributed by atoms with Crippen molar-refractivity contribution in [3.05, 3.63) is 60.2 Å². The molecule has 0 amide bonds. The van der Waals surface area contributed by atoms with Crippen molar-refractivity contribution in [1.82, 2.24) is 0 Å². The zero-order chi connectivity index (χ0) is 15.2. The third kappa shape index (κ3) is 4.25. The molecule has 1 heterocycles. The van der Waals surface area contributed by atoms with Gasteiger partial charge in [-0.25, -0.2) is 0 Å². The van der Waals surface area contributed by atoms with Crippen molar-refractivity contribution in [1.29, 1.82) is 0 Å². The molecule has 3 nitrogen and oxygen atoms in total. The van der Waals surface area contributed by atoms with Crippen LogP contribution < -0.4 is 9.47 Å². The molecule has 3 rings (SSSR count). The van der Waals surface area contributed by atoms with Crippen molar-refractivity contribution in [2.24, 2.45) is 5.92 Å². The topological polar surface area (TPSA) is 27.7 Å². The van der Waals surface area contributed by atoms with Gasteiger partial charge in [0.1, 0.15) is 11.5 Å². The van der Waals surface area contributed by atoms with Crippen molar-refractivity contribution in [3.8, 4) is 11.5 Å². The molecule has 2 aromatic carbocycles. The van der Waals surface area contributed by atoms with Crippen LogP contribution in [-0.2, 0) is 11.2 Å². The van der Waals surface area contributed by atoms with Gasteiger partial charge in [-0.05, 0) is 23.6 Å². The maximum atomic E-state index is 5.85. The van der Waals surface area contributed by atoms with Crippen molar-refractivity contribution in [2.75, 3.05) is 13.2 Å². The van der Waals surface area contributed by atoms with Crippen LogP contribution in [0.2, 0.25) is 0 Å². The monoisotopic (exact) mass is 298 g/mol. The van der Waals surface area contributed by atoms with Crippen LogP contribution in [0.5, 0.6) is 11.5 Å². The molecule has 1 fully saturated rings. The molecular weight excluding hydrogens is 276 g/mol. The Morgan fingerprint density at radius 1 is 1.05 bits per heavy atom. The third-order valence-electron chi connectivity index (χ3n) is 3.74. The molecule has 22 heavy (non-hydrogen) atoms. The molecule has 1 saturated heterocycles. The largest absolute Gasteiger partial charge is 0.493 e. The van der Waals surface area contributed by atoms with E-state index in [0.717, 1.165) is 30.9 Å². The first-order valence-electron chi connectivity index (χ1n) is 7.84. The van der Waals surface area contributed by atoms with Gasteiger partial charge < -0.3 is 14.2 Å². The summed E-state index contributed by atoms with van der Waals surface area (Å²) in [5.74, 6) is 2.20. The van der Waals surface area contributed by atoms with Gasteiger partial charge in [0.05, 0.1) is 13.2 Å². The van der Waals surface area contributed by atoms with Crippen LogP contribution in [0.3, 0.4) is 0 Å². The molecule has 2 aromatic rings. The van der Waals surface area contributed by atoms with E-state index >= 15 is 0 Å². The Hall–Kier alpha value is -2.00. The summed E-state index contributed by atoms with van der Waals surface area (Å²) in [6.07, 6.45) is 1.71. The van der Waals surface area contributed by atoms with Gasteiger partial charge in [-0.15, -0.1) is 0 Å². The minimum absolute atomic E-state index is 0.130. The smallest absolute Gasteiger partial charge is 0.200 e. The lowest BCUT2D eigenvalue weighted by atomic mass is 10.1. The van der Waals surface area contributed by atoms with E-state index in [4.69, 9.17) is 14.2 Å². The maximum Gasteiger partial charge on any atom is 0.200 e. The number of benzene rings is 2. The average Bonchev–Trinajstić information content (AvgIpc) is 2.94. The van der Waals surface area contributed by atoms with Crippen LogP contribution >= 0.6 is 0 Å². The Morgan fingerprint density at radius 2 is 1.86 bits per heavy atom. The van der Waals surface area contributed by atoms with E-state index in [1.807, 2.05) is 42.5 Å². The van der Waals surface area contributed by atoms with Gasteiger partial charge in [0.15, 0.2) is 6.29 Å². The molecule has 1 aliphatic heterocycles. The standard InChI is InChI=1S/C19H22O3/c1-15-12-19(21-14-15)22-18-9-5-8-17(13-18)20-11-10-16-6-3-2-4-7-16/h2-9,13,15,19H,10-12,14H2,1H3/t15-,19?/m1/s1. The zero-order valence-corrected chi connectivity index (χ0v) is 12.9. The summed E-state index contributed by atoms with van der Waals surface area (Å²) in [6.45, 7) is 3.61. The molecule has 0 aromatic heterocycles. The van der Waals surface area contributed by atoms with E-state index in [0.29, 0.717) is 12.5 Å². The van der Waals surface area contributed by atoms with E-state index < -0.39 is 0 Å². The summed E-state index contributed by atoms with van der Waals surface area (Å²) in [5, 5.41) is 0. The highest BCUT2D eigenvalue weighted by Crippen LogP contribution is 2.25. The first kappa shape index (κ1) is 14.9. The highest BCUT2D eigenvalue weighted by Gasteiger charge is 2.23. The fraction of sp³-hybridized carbons (Fsp3) is 0.368. The quantitative estimate of drug-likeness (QED) is 0.804. The molecular formula is C19H22O3. The molecule has 0 aliphatic carbocycles. The van der Waals surface area contributed by atoms with Crippen molar-refractivity contribution < 1.29 is 14.2 Å². The van der Waals surface area contributed by atoms with Crippen LogP contribution in [0.4, 0.5) is 0 Å². The zero-order valence-electron chi connectivity index (χ0n) is 12.9. The molecule has 3 heteroatoms. The van der Waals surface area contributed by atoms with Crippen molar-refractivity contribution >= 4 is 0 Å². The predicted molar refractivity (Wildman–Crippen MR) is 86.2 cm³/mol. The second-order valence-corrected chi connectivity index (χ2v) is 5.78. The van der Waals surface area contributed by atoms with E-state index in [-0.39, 0.29) is 6.29 Å². The summed E-state index contributed by atoms with van der Waals surface area (Å²) in [7, 11) is 0. The summed E-state index contributed by atoms with van der Waals surface area (Å²) < 4.78 is 17.2. The Labute approximate surface area is 131 Å². The number of ether oxygens (including phenoxy) is 3. The van der Waals surface area contributed by atoms with Crippen LogP contribution in [0, 0.1) is 5.92 Å². The first-order chi connectivity index (χ1) is 10.8. The fourth-order valence-electron chi connectivity index (χ4n) is 2.54. The van der Waals surface area contributed by atoms with E-state index in [1.165, 1.54) is 5.56 Å². The van der Waals surface area contributed by atoms with E-state index in [2.05, 4.69) is 19.1 Å². The van der Waals surface area contributed by atoms with Crippen molar-refractivity contribution in [2.45, 2.75) is 26.1 Å². The van der Waals surface area contributed by atoms with Crippen LogP contribution in [-0.4, -0.2) is 19.5 Å². The normalized spacial score (nSPS) is 20.8. The molecule has 0 spiro atoms. The highest BCUT2D eigenvalue weighted by molar-refractivity contribution is 5.33. The summed E-state index contributed by atoms with van der Waals surface area (Å²) in [4.78, 5) is 0. The Morgan fingerprint density at radius 3 is 2.64 bits per heavy atom. The second kappa shape index (κ2) is 7.32. The lowest BCUT2D eigenvalue weighted by molar-refractivity contribution is -0.0394. The molecule has 0 saturated carbocycles. The minimum Gasteiger partial charge on any atom is -0.493 e. The van der Waals surface area contributed by atoms with Gasteiger partial charge in [-0.1, -0.05) is 43.3 Å². The SMILES string of the molecule is C[C@H]1COC(Oc2cccc(OCCc3ccccc3)c2)C1. The van der Waals surface area contributed by atoms with Gasteiger partial charge >= 0.3 is 0 Å². The maximum absolute atomic E-state index is 5.85. The fourth-order valence-corrected chi connectivity index (χ4v) is 2.54. The number of hydrogen-bond acceptors (Lipinski definition) is 3. The average molecular weight is 298 g/mol. The van der Waals surface area contributed by atoms with E-state index in [1.54, 1.807) is 0 Å². The predicted octanol–water partition coefficient (Wildman–Crippen LogP) is 4.07. The summed E-state index contributed by atoms with van der Waals surface area (Å²) in [6, 6.07) is 18.1. The molecule has 0 radical (unpaired) electrons. The van der Waals surface area contributed by atoms with Crippen LogP contribution in [0.25, 0.3) is 0 Å². The van der Waals surface area contributed by atoms with Gasteiger partial charge in [0, 0.05) is 18.9 Å². The lowest BCUT2D eigenvalue weighted by Gasteiger charge is -2.14. The second-order valence-electron chi connectivity index (χ2n) is 5.78. The molecule has 0 N–H and O–H groups in total. The van der Waals surface area contributed by atoms with Gasteiger partial charge in [0.2, 0.25) is 0 Å². The first-order valence-corrected chi connectivity index (χ1v) is 7.84. The van der Waals surface area contributed by atoms with Gasteiger partial charge in [0.25, 0.3) is 0 Å². The summed E-state index contributed by atoms with van der Waals surface area (Å²) >= 11 is 0. The minimum atomic E-state index is -0.130. The molecule has 1 aliphatic rings. The highest BCUT2D eigenvalue weighted by atomic mass is 16.7. The number of hydrogen-bond donors (Lipinski definition) is 0. The van der Waals surface area contributed by atoms with Gasteiger partial charge in [-0.3, -0.25) is 0 Å². The molecule has 2 atom stereocenters. The molecule has 0 bridgehead atoms. The third-order valence-corrected chi connectivity index (χ3v) is 3.74. The number of rotatable bonds is 6. The van der Waals surface area contributed by atoms with E-state index in [9.17, 15) is 0 Å².